The van der Waals surface area contributed by atoms with Crippen LogP contribution >= 0.6 is 34.8 Å². The lowest BCUT2D eigenvalue weighted by Crippen LogP contribution is -2.14. The molecular weight excluding hydrogens is 296 g/mol. The topological polar surface area (TPSA) is 127 Å². The second-order valence-electron chi connectivity index (χ2n) is 2.40. The maximum absolute atomic E-state index is 8.36. The van der Waals surface area contributed by atoms with Crippen molar-refractivity contribution in [2.45, 2.75) is 0 Å². The van der Waals surface area contributed by atoms with Gasteiger partial charge < -0.3 is 16.3 Å². The van der Waals surface area contributed by atoms with Crippen LogP contribution in [0.25, 0.3) is 0 Å². The fourth-order valence-electron chi connectivity index (χ4n) is 0.679. The van der Waals surface area contributed by atoms with E-state index < -0.39 is 5.09 Å². The van der Waals surface area contributed by atoms with Gasteiger partial charge in [0.1, 0.15) is 0 Å². The van der Waals surface area contributed by atoms with E-state index in [4.69, 9.17) is 55.9 Å². The van der Waals surface area contributed by atoms with Crippen LogP contribution in [0.2, 0.25) is 15.5 Å². The van der Waals surface area contributed by atoms with Crippen LogP contribution in [0.1, 0.15) is 0 Å². The van der Waals surface area contributed by atoms with Crippen LogP contribution in [0, 0.1) is 10.1 Å². The van der Waals surface area contributed by atoms with Crippen molar-refractivity contribution in [3.63, 3.8) is 0 Å². The van der Waals surface area contributed by atoms with Crippen molar-refractivity contribution >= 4 is 40.6 Å². The molecule has 0 saturated heterocycles. The smallest absolute Gasteiger partial charge is 0.291 e. The highest BCUT2D eigenvalue weighted by atomic mass is 35.5. The Kier molecular flexibility index (Phi) is 7.55. The Labute approximate surface area is 111 Å². The van der Waals surface area contributed by atoms with Crippen LogP contribution in [0.5, 0.6) is 0 Å². The van der Waals surface area contributed by atoms with Crippen LogP contribution in [-0.4, -0.2) is 33.4 Å². The number of aromatic nitrogens is 2. The van der Waals surface area contributed by atoms with E-state index in [9.17, 15) is 0 Å². The maximum atomic E-state index is 8.36. The van der Waals surface area contributed by atoms with Crippen molar-refractivity contribution in [3.05, 3.63) is 25.6 Å². The molecule has 4 N–H and O–H groups in total. The van der Waals surface area contributed by atoms with Crippen LogP contribution in [0.15, 0.2) is 0 Å². The number of rotatable bonds is 3. The Bertz CT molecular complexity index is 387. The van der Waals surface area contributed by atoms with Gasteiger partial charge in [0.2, 0.25) is 0 Å². The molecule has 1 heterocycles. The van der Waals surface area contributed by atoms with Gasteiger partial charge in [-0.25, -0.2) is 9.97 Å². The van der Waals surface area contributed by atoms with Crippen LogP contribution in [-0.2, 0) is 0 Å². The number of hydrogen-bond donors (Lipinski definition) is 3. The monoisotopic (exact) mass is 303 g/mol. The zero-order chi connectivity index (χ0) is 13.4. The highest BCUT2D eigenvalue weighted by molar-refractivity contribution is 6.41. The molecule has 0 aliphatic heterocycles. The molecule has 1 aromatic rings. The SMILES string of the molecule is NCCNc1nc(Cl)c(Cl)nc1Cl.O=[N+]([O-])O. The molecule has 0 atom stereocenters. The van der Waals surface area contributed by atoms with Crippen LogP contribution in [0.4, 0.5) is 5.82 Å². The third kappa shape index (κ3) is 6.95. The zero-order valence-electron chi connectivity index (χ0n) is 8.23. The summed E-state index contributed by atoms with van der Waals surface area (Å²) in [6.45, 7) is 1.02. The summed E-state index contributed by atoms with van der Waals surface area (Å²) in [6, 6.07) is 0. The Balaban J connectivity index is 0.000000557. The minimum atomic E-state index is -1.50. The largest absolute Gasteiger partial charge is 0.366 e. The van der Waals surface area contributed by atoms with E-state index in [2.05, 4.69) is 15.3 Å². The Morgan fingerprint density at radius 2 is 1.76 bits per heavy atom. The first-order valence-electron chi connectivity index (χ1n) is 4.04. The molecule has 0 aliphatic carbocycles. The highest BCUT2D eigenvalue weighted by Crippen LogP contribution is 2.24. The van der Waals surface area contributed by atoms with Crippen LogP contribution in [0.3, 0.4) is 0 Å². The van der Waals surface area contributed by atoms with E-state index in [0.29, 0.717) is 18.9 Å². The number of nitrogens with zero attached hydrogens (tertiary/aromatic N) is 3. The number of nitrogens with one attached hydrogen (secondary N) is 1. The Morgan fingerprint density at radius 3 is 2.24 bits per heavy atom. The molecule has 96 valence electrons. The fraction of sp³-hybridized carbons (Fsp3) is 0.333. The molecule has 0 amide bonds. The summed E-state index contributed by atoms with van der Waals surface area (Å²) in [7, 11) is 0. The lowest BCUT2D eigenvalue weighted by molar-refractivity contribution is -0.742. The van der Waals surface area contributed by atoms with E-state index in [1.807, 2.05) is 0 Å². The first-order chi connectivity index (χ1) is 7.88. The Morgan fingerprint density at radius 1 is 1.29 bits per heavy atom. The van der Waals surface area contributed by atoms with Crippen LogP contribution < -0.4 is 11.1 Å². The molecule has 0 saturated carbocycles. The summed E-state index contributed by atoms with van der Waals surface area (Å²) >= 11 is 16.9. The number of anilines is 1. The minimum Gasteiger partial charge on any atom is -0.366 e. The van der Waals surface area contributed by atoms with E-state index >= 15 is 0 Å². The minimum absolute atomic E-state index is 0.0879. The average Bonchev–Trinajstić information content (AvgIpc) is 2.21. The quantitative estimate of drug-likeness (QED) is 0.569. The number of halogens is 3. The summed E-state index contributed by atoms with van der Waals surface area (Å²) < 4.78 is 0. The molecule has 1 aromatic heterocycles. The molecule has 0 radical (unpaired) electrons. The third-order valence-electron chi connectivity index (χ3n) is 1.21. The lowest BCUT2D eigenvalue weighted by Gasteiger charge is -2.05. The van der Waals surface area contributed by atoms with Gasteiger partial charge in [0.15, 0.2) is 21.3 Å². The summed E-state index contributed by atoms with van der Waals surface area (Å²) in [4.78, 5) is 16.0. The van der Waals surface area contributed by atoms with Gasteiger partial charge in [-0.1, -0.05) is 34.8 Å². The first-order valence-corrected chi connectivity index (χ1v) is 5.17. The third-order valence-corrected chi connectivity index (χ3v) is 2.10. The first kappa shape index (κ1) is 15.9. The van der Waals surface area contributed by atoms with Crippen molar-refractivity contribution in [2.24, 2.45) is 5.73 Å². The maximum Gasteiger partial charge on any atom is 0.291 e. The number of hydrogen-bond acceptors (Lipinski definition) is 6. The van der Waals surface area contributed by atoms with Gasteiger partial charge in [0.05, 0.1) is 0 Å². The molecule has 1 rings (SSSR count). The second-order valence-corrected chi connectivity index (χ2v) is 3.47. The van der Waals surface area contributed by atoms with E-state index in [1.54, 1.807) is 0 Å². The van der Waals surface area contributed by atoms with E-state index in [-0.39, 0.29) is 15.5 Å². The van der Waals surface area contributed by atoms with Gasteiger partial charge in [-0.05, 0) is 0 Å². The average molecular weight is 305 g/mol. The molecule has 8 nitrogen and oxygen atoms in total. The zero-order valence-corrected chi connectivity index (χ0v) is 10.5. The normalized spacial score (nSPS) is 9.18. The predicted molar refractivity (Wildman–Crippen MR) is 63.4 cm³/mol. The van der Waals surface area contributed by atoms with Crippen molar-refractivity contribution in [3.8, 4) is 0 Å². The molecule has 17 heavy (non-hydrogen) atoms. The van der Waals surface area contributed by atoms with Crippen molar-refractivity contribution in [2.75, 3.05) is 18.4 Å². The predicted octanol–water partition coefficient (Wildman–Crippen LogP) is 1.46. The molecule has 0 bridgehead atoms. The van der Waals surface area contributed by atoms with E-state index in [1.165, 1.54) is 0 Å². The molecule has 0 unspecified atom stereocenters. The summed E-state index contributed by atoms with van der Waals surface area (Å²) in [5, 5.41) is 16.9. The summed E-state index contributed by atoms with van der Waals surface area (Å²) in [5.74, 6) is 0.390. The van der Waals surface area contributed by atoms with Gasteiger partial charge in [-0.2, -0.15) is 0 Å². The Hall–Kier alpha value is -1.09. The van der Waals surface area contributed by atoms with Gasteiger partial charge in [0, 0.05) is 13.1 Å². The van der Waals surface area contributed by atoms with E-state index in [0.717, 1.165) is 0 Å². The molecule has 0 aromatic carbocycles. The molecular formula is C6H8Cl3N5O3. The van der Waals surface area contributed by atoms with Crippen molar-refractivity contribution < 1.29 is 10.3 Å². The van der Waals surface area contributed by atoms with Gasteiger partial charge in [0.25, 0.3) is 5.09 Å². The molecule has 0 aliphatic rings. The molecule has 0 fully saturated rings. The highest BCUT2D eigenvalue weighted by Gasteiger charge is 2.08. The standard InChI is InChI=1S/C6H7Cl3N4.HNO3/c7-3-4(8)13-6(5(9)12-3)11-2-1-10;2-1(3)4/h1-2,10H2,(H,11,13);(H,2,3,4). The fourth-order valence-corrected chi connectivity index (χ4v) is 1.17. The van der Waals surface area contributed by atoms with Gasteiger partial charge in [-0.3, -0.25) is 0 Å². The van der Waals surface area contributed by atoms with Gasteiger partial charge in [-0.15, -0.1) is 10.1 Å². The van der Waals surface area contributed by atoms with Crippen molar-refractivity contribution in [1.82, 2.24) is 9.97 Å². The lowest BCUT2D eigenvalue weighted by atomic mass is 10.6. The summed E-state index contributed by atoms with van der Waals surface area (Å²) in [6.07, 6.45) is 0. The second kappa shape index (κ2) is 8.07. The molecule has 0 spiro atoms. The van der Waals surface area contributed by atoms with Gasteiger partial charge >= 0.3 is 0 Å². The summed E-state index contributed by atoms with van der Waals surface area (Å²) in [5.41, 5.74) is 5.28. The molecule has 11 heteroatoms. The van der Waals surface area contributed by atoms with Crippen molar-refractivity contribution in [1.29, 1.82) is 0 Å². The number of nitrogens with two attached hydrogens (primary N) is 1.